The van der Waals surface area contributed by atoms with Gasteiger partial charge in [0.1, 0.15) is 11.7 Å². The number of nitrogens with one attached hydrogen (secondary N) is 3. The van der Waals surface area contributed by atoms with Crippen LogP contribution in [-0.2, 0) is 14.1 Å². The molecule has 2 heterocycles. The number of aromatic nitrogens is 2. The molecule has 3 aromatic rings. The molecule has 10 nitrogen and oxygen atoms in total. The van der Waals surface area contributed by atoms with Gasteiger partial charge in [0.05, 0.1) is 35.7 Å². The van der Waals surface area contributed by atoms with Gasteiger partial charge < -0.3 is 25.3 Å². The van der Waals surface area contributed by atoms with E-state index in [1.54, 1.807) is 12.1 Å². The molecule has 1 saturated heterocycles. The molecule has 4 aliphatic rings. The Kier molecular flexibility index (Phi) is 9.46. The van der Waals surface area contributed by atoms with Crippen LogP contribution in [0.15, 0.2) is 67.0 Å². The van der Waals surface area contributed by atoms with Crippen LogP contribution >= 0.6 is 0 Å². The maximum absolute atomic E-state index is 14.0. The van der Waals surface area contributed by atoms with E-state index < -0.39 is 36.5 Å². The maximum atomic E-state index is 14.0. The summed E-state index contributed by atoms with van der Waals surface area (Å²) in [5.41, 5.74) is 2.78. The lowest BCUT2D eigenvalue weighted by Crippen LogP contribution is -2.65. The Balaban J connectivity index is 1.19. The predicted molar refractivity (Wildman–Crippen MR) is 184 cm³/mol. The van der Waals surface area contributed by atoms with Crippen LogP contribution in [0.5, 0.6) is 0 Å². The van der Waals surface area contributed by atoms with Crippen LogP contribution in [0.1, 0.15) is 80.3 Å². The average Bonchev–Trinajstić information content (AvgIpc) is 3.44. The van der Waals surface area contributed by atoms with Crippen molar-refractivity contribution in [2.75, 3.05) is 6.54 Å². The molecule has 48 heavy (non-hydrogen) atoms. The molecule has 3 amide bonds. The second kappa shape index (κ2) is 13.4. The van der Waals surface area contributed by atoms with Crippen molar-refractivity contribution in [1.82, 2.24) is 25.9 Å². The quantitative estimate of drug-likeness (QED) is 0.255. The molecule has 0 spiro atoms. The Bertz CT molecular complexity index is 1630. The van der Waals surface area contributed by atoms with Crippen molar-refractivity contribution in [3.8, 4) is 11.3 Å². The van der Waals surface area contributed by atoms with Crippen molar-refractivity contribution in [3.05, 3.63) is 83.8 Å². The first-order valence-corrected chi connectivity index (χ1v) is 17.0. The third-order valence-corrected chi connectivity index (χ3v) is 10.7. The second-order valence-corrected chi connectivity index (χ2v) is 14.8. The van der Waals surface area contributed by atoms with E-state index in [4.69, 9.17) is 9.31 Å². The Morgan fingerprint density at radius 1 is 0.938 bits per heavy atom. The molecule has 4 fully saturated rings. The minimum Gasteiger partial charge on any atom is -0.404 e. The summed E-state index contributed by atoms with van der Waals surface area (Å²) in [6.07, 6.45) is 5.55. The highest BCUT2D eigenvalue weighted by atomic mass is 16.7. The lowest BCUT2D eigenvalue weighted by Gasteiger charge is -2.64. The van der Waals surface area contributed by atoms with Gasteiger partial charge in [-0.05, 0) is 68.4 Å². The summed E-state index contributed by atoms with van der Waals surface area (Å²) in [5, 5.41) is 8.75. The highest BCUT2D eigenvalue weighted by Gasteiger charge is 2.68. The molecule has 6 atom stereocenters. The van der Waals surface area contributed by atoms with E-state index >= 15 is 0 Å². The largest absolute Gasteiger partial charge is 0.481 e. The monoisotopic (exact) mass is 651 g/mol. The molecule has 0 unspecified atom stereocenters. The minimum atomic E-state index is -1.11. The summed E-state index contributed by atoms with van der Waals surface area (Å²) in [5.74, 6) is -0.637. The molecule has 1 aromatic heterocycles. The van der Waals surface area contributed by atoms with Gasteiger partial charge in [-0.25, -0.2) is 4.98 Å². The van der Waals surface area contributed by atoms with Gasteiger partial charge in [0, 0.05) is 17.7 Å². The van der Waals surface area contributed by atoms with Crippen LogP contribution in [0, 0.1) is 30.1 Å². The van der Waals surface area contributed by atoms with Gasteiger partial charge in [0.25, 0.3) is 11.8 Å². The molecule has 1 aliphatic heterocycles. The summed E-state index contributed by atoms with van der Waals surface area (Å²) in [7, 11) is -0.628. The summed E-state index contributed by atoms with van der Waals surface area (Å²) in [6.45, 7) is 12.8. The zero-order valence-electron chi connectivity index (χ0n) is 28.7. The number of aryl methyl sites for hydroxylation is 1. The van der Waals surface area contributed by atoms with Gasteiger partial charge in [-0.2, -0.15) is 0 Å². The smallest absolute Gasteiger partial charge is 0.404 e. The normalized spacial score (nSPS) is 25.0. The number of amides is 3. The number of rotatable bonds is 11. The highest BCUT2D eigenvalue weighted by Crippen LogP contribution is 2.65. The van der Waals surface area contributed by atoms with Gasteiger partial charge in [-0.3, -0.25) is 19.4 Å². The van der Waals surface area contributed by atoms with Crippen molar-refractivity contribution in [1.29, 1.82) is 0 Å². The molecule has 3 N–H and O–H groups in total. The molecular weight excluding hydrogens is 605 g/mol. The zero-order chi connectivity index (χ0) is 34.2. The first-order valence-electron chi connectivity index (χ1n) is 17.0. The van der Waals surface area contributed by atoms with E-state index in [0.29, 0.717) is 29.5 Å². The van der Waals surface area contributed by atoms with Gasteiger partial charge in [0.15, 0.2) is 0 Å². The fourth-order valence-corrected chi connectivity index (χ4v) is 7.75. The van der Waals surface area contributed by atoms with E-state index in [9.17, 15) is 14.4 Å². The highest BCUT2D eigenvalue weighted by molar-refractivity contribution is 6.48. The first kappa shape index (κ1) is 33.8. The average molecular weight is 652 g/mol. The molecular formula is C37H46BN5O5. The number of hydrogen-bond donors (Lipinski definition) is 3. The maximum Gasteiger partial charge on any atom is 0.481 e. The Labute approximate surface area is 283 Å². The molecule has 3 saturated carbocycles. The van der Waals surface area contributed by atoms with Crippen LogP contribution < -0.4 is 16.0 Å². The molecule has 2 bridgehead atoms. The van der Waals surface area contributed by atoms with Crippen LogP contribution in [0.4, 0.5) is 0 Å². The van der Waals surface area contributed by atoms with Gasteiger partial charge in [0.2, 0.25) is 5.91 Å². The lowest BCUT2D eigenvalue weighted by atomic mass is 9.43. The Morgan fingerprint density at radius 2 is 1.67 bits per heavy atom. The molecule has 7 rings (SSSR count). The number of hydrogen-bond acceptors (Lipinski definition) is 7. The SMILES string of the molecule is Cc1ccc(C(=O)NC[C@H](NC(=O)c2cnc(-c3ccccc3)cn2)C(=O)N[C@@H](CC(C)C)B2O[C@@H]3C[C@H]4C[C@@H](C4(C)C)[C@]3(C)O2)cc1. The first-order chi connectivity index (χ1) is 22.8. The number of carbonyl (C=O) groups is 3. The van der Waals surface area contributed by atoms with Gasteiger partial charge in [-0.1, -0.05) is 75.7 Å². The Hall–Kier alpha value is -4.09. The third-order valence-electron chi connectivity index (χ3n) is 10.7. The van der Waals surface area contributed by atoms with Crippen LogP contribution in [-0.4, -0.2) is 65.0 Å². The van der Waals surface area contributed by atoms with Crippen molar-refractivity contribution in [2.45, 2.75) is 84.5 Å². The molecule has 0 radical (unpaired) electrons. The van der Waals surface area contributed by atoms with E-state index in [-0.39, 0.29) is 35.6 Å². The minimum absolute atomic E-state index is 0.0347. The fraction of sp³-hybridized carbons (Fsp3) is 0.486. The van der Waals surface area contributed by atoms with Crippen LogP contribution in [0.25, 0.3) is 11.3 Å². The van der Waals surface area contributed by atoms with Crippen molar-refractivity contribution in [2.24, 2.45) is 23.2 Å². The molecule has 2 aromatic carbocycles. The van der Waals surface area contributed by atoms with E-state index in [1.165, 1.54) is 12.4 Å². The summed E-state index contributed by atoms with van der Waals surface area (Å²) in [6, 6.07) is 15.6. The Morgan fingerprint density at radius 3 is 2.31 bits per heavy atom. The summed E-state index contributed by atoms with van der Waals surface area (Å²) >= 11 is 0. The van der Waals surface area contributed by atoms with Crippen LogP contribution in [0.2, 0.25) is 0 Å². The topological polar surface area (TPSA) is 132 Å². The molecule has 3 aliphatic carbocycles. The van der Waals surface area contributed by atoms with Crippen molar-refractivity contribution < 1.29 is 23.7 Å². The van der Waals surface area contributed by atoms with Crippen molar-refractivity contribution >= 4 is 24.8 Å². The van der Waals surface area contributed by atoms with E-state index in [1.807, 2.05) is 49.4 Å². The van der Waals surface area contributed by atoms with Gasteiger partial charge in [-0.15, -0.1) is 0 Å². The number of carbonyl (C=O) groups excluding carboxylic acids is 3. The summed E-state index contributed by atoms with van der Waals surface area (Å²) in [4.78, 5) is 49.2. The third kappa shape index (κ3) is 6.76. The van der Waals surface area contributed by atoms with E-state index in [2.05, 4.69) is 60.5 Å². The van der Waals surface area contributed by atoms with Gasteiger partial charge >= 0.3 is 7.12 Å². The predicted octanol–water partition coefficient (Wildman–Crippen LogP) is 4.78. The lowest BCUT2D eigenvalue weighted by molar-refractivity contribution is -0.199. The number of benzene rings is 2. The summed E-state index contributed by atoms with van der Waals surface area (Å²) < 4.78 is 13.3. The number of nitrogens with zero attached hydrogens (tertiary/aromatic N) is 2. The zero-order valence-corrected chi connectivity index (χ0v) is 28.7. The second-order valence-electron chi connectivity index (χ2n) is 14.8. The van der Waals surface area contributed by atoms with Crippen molar-refractivity contribution in [3.63, 3.8) is 0 Å². The van der Waals surface area contributed by atoms with Crippen LogP contribution in [0.3, 0.4) is 0 Å². The molecule has 11 heteroatoms. The van der Waals surface area contributed by atoms with E-state index in [0.717, 1.165) is 24.0 Å². The fourth-order valence-electron chi connectivity index (χ4n) is 7.75. The standard InChI is InChI=1S/C37H46BN5O5/c1-22(2)16-32(38-47-31-18-26-17-30(36(26,4)5)37(31,6)48-38)43-35(46)29(21-41-33(44)25-14-12-23(3)13-15-25)42-34(45)28-20-39-27(19-40-28)24-10-8-7-9-11-24/h7-15,19-20,22,26,29-32H,16-18,21H2,1-6H3,(H,41,44)(H,42,45)(H,43,46)/t26-,29+,30+,31-,32+,37+/m1/s1. The molecule has 252 valence electrons.